The van der Waals surface area contributed by atoms with Crippen molar-refractivity contribution in [2.45, 2.75) is 10.9 Å². The molecule has 2 N–H and O–H groups in total. The Morgan fingerprint density at radius 2 is 1.86 bits per heavy atom. The van der Waals surface area contributed by atoms with Crippen molar-refractivity contribution >= 4 is 40.0 Å². The summed E-state index contributed by atoms with van der Waals surface area (Å²) in [4.78, 5) is 7.79. The Balaban J connectivity index is 1.87. The van der Waals surface area contributed by atoms with Crippen molar-refractivity contribution in [3.05, 3.63) is 59.0 Å². The van der Waals surface area contributed by atoms with Crippen LogP contribution in [0.2, 0.25) is 5.15 Å². The Morgan fingerprint density at radius 3 is 2.67 bits per heavy atom. The fourth-order valence-corrected chi connectivity index (χ4v) is 3.12. The van der Waals surface area contributed by atoms with E-state index in [0.717, 1.165) is 5.56 Å². The maximum absolute atomic E-state index is 13.3. The first-order valence-electron chi connectivity index (χ1n) is 6.23. The number of nitrogens with two attached hydrogens (primary N) is 1. The van der Waals surface area contributed by atoms with Gasteiger partial charge in [0.25, 0.3) is 0 Å². The lowest BCUT2D eigenvalue weighted by Crippen LogP contribution is -2.00. The third-order valence-electron chi connectivity index (χ3n) is 3.05. The van der Waals surface area contributed by atoms with Crippen LogP contribution in [0.4, 0.5) is 10.2 Å². The number of fused-ring (bicyclic) bond motifs is 1. The van der Waals surface area contributed by atoms with Crippen LogP contribution >= 0.6 is 23.4 Å². The third-order valence-corrected chi connectivity index (χ3v) is 4.20. The lowest BCUT2D eigenvalue weighted by atomic mass is 10.1. The van der Waals surface area contributed by atoms with Crippen LogP contribution in [-0.4, -0.2) is 9.97 Å². The van der Waals surface area contributed by atoms with E-state index in [-0.39, 0.29) is 11.0 Å². The topological polar surface area (TPSA) is 51.8 Å². The lowest BCUT2D eigenvalue weighted by molar-refractivity contribution is 0.613. The van der Waals surface area contributed by atoms with Crippen molar-refractivity contribution in [1.82, 2.24) is 9.97 Å². The highest BCUT2D eigenvalue weighted by molar-refractivity contribution is 7.98. The quantitative estimate of drug-likeness (QED) is 0.444. The maximum atomic E-state index is 13.3. The molecule has 3 rings (SSSR count). The predicted molar refractivity (Wildman–Crippen MR) is 84.9 cm³/mol. The molecule has 0 unspecified atom stereocenters. The normalized spacial score (nSPS) is 11.0. The number of aromatic nitrogens is 2. The van der Waals surface area contributed by atoms with Crippen molar-refractivity contribution in [3.63, 3.8) is 0 Å². The van der Waals surface area contributed by atoms with E-state index in [4.69, 9.17) is 17.3 Å². The summed E-state index contributed by atoms with van der Waals surface area (Å²) in [5.41, 5.74) is 6.61. The first-order valence-corrected chi connectivity index (χ1v) is 7.59. The summed E-state index contributed by atoms with van der Waals surface area (Å²) in [5, 5.41) is 2.47. The average molecular weight is 320 g/mol. The molecule has 21 heavy (non-hydrogen) atoms. The minimum atomic E-state index is -0.772. The second-order valence-electron chi connectivity index (χ2n) is 4.42. The maximum Gasteiger partial charge on any atom is 0.202 e. The Bertz CT molecular complexity index is 782. The highest BCUT2D eigenvalue weighted by Crippen LogP contribution is 2.27. The van der Waals surface area contributed by atoms with E-state index in [9.17, 15) is 4.39 Å². The van der Waals surface area contributed by atoms with Crippen LogP contribution in [0.25, 0.3) is 10.8 Å². The first kappa shape index (κ1) is 14.1. The first-order chi connectivity index (χ1) is 10.1. The van der Waals surface area contributed by atoms with Gasteiger partial charge < -0.3 is 5.73 Å². The monoisotopic (exact) mass is 319 g/mol. The molecule has 0 fully saturated rings. The van der Waals surface area contributed by atoms with Gasteiger partial charge in [0, 0.05) is 5.75 Å². The van der Waals surface area contributed by atoms with E-state index in [1.807, 2.05) is 24.3 Å². The average Bonchev–Trinajstić information content (AvgIpc) is 2.50. The van der Waals surface area contributed by atoms with Crippen LogP contribution < -0.4 is 5.73 Å². The van der Waals surface area contributed by atoms with Crippen LogP contribution in [0.1, 0.15) is 5.56 Å². The van der Waals surface area contributed by atoms with Gasteiger partial charge in [-0.1, -0.05) is 65.8 Å². The zero-order valence-electron chi connectivity index (χ0n) is 10.9. The van der Waals surface area contributed by atoms with Gasteiger partial charge in [-0.25, -0.2) is 9.97 Å². The zero-order chi connectivity index (χ0) is 14.8. The zero-order valence-corrected chi connectivity index (χ0v) is 12.5. The minimum absolute atomic E-state index is 0.226. The molecule has 2 aromatic carbocycles. The molecule has 0 bridgehead atoms. The van der Waals surface area contributed by atoms with Gasteiger partial charge in [-0.3, -0.25) is 0 Å². The van der Waals surface area contributed by atoms with Gasteiger partial charge in [0.2, 0.25) is 5.82 Å². The molecule has 0 aliphatic rings. The van der Waals surface area contributed by atoms with Gasteiger partial charge >= 0.3 is 0 Å². The number of nitrogen functional groups attached to an aromatic ring is 1. The van der Waals surface area contributed by atoms with E-state index in [2.05, 4.69) is 28.2 Å². The van der Waals surface area contributed by atoms with Gasteiger partial charge in [0.05, 0.1) is 0 Å². The molecule has 0 saturated carbocycles. The standard InChI is InChI=1S/C15H11ClFN3S/c16-13-12(17)14(18)20-15(19-13)21-8-10-6-3-5-9-4-1-2-7-11(9)10/h1-7H,8H2,(H2,18,19,20). The number of halogens is 2. The Hall–Kier alpha value is -1.85. The molecule has 0 aliphatic heterocycles. The summed E-state index contributed by atoms with van der Waals surface area (Å²) in [7, 11) is 0. The summed E-state index contributed by atoms with van der Waals surface area (Å²) < 4.78 is 13.3. The van der Waals surface area contributed by atoms with Crippen LogP contribution in [-0.2, 0) is 5.75 Å². The largest absolute Gasteiger partial charge is 0.381 e. The van der Waals surface area contributed by atoms with Crippen molar-refractivity contribution in [2.24, 2.45) is 0 Å². The van der Waals surface area contributed by atoms with E-state index < -0.39 is 5.82 Å². The lowest BCUT2D eigenvalue weighted by Gasteiger charge is -2.06. The number of hydrogen-bond donors (Lipinski definition) is 1. The van der Waals surface area contributed by atoms with Crippen LogP contribution in [0.15, 0.2) is 47.6 Å². The Morgan fingerprint density at radius 1 is 1.10 bits per heavy atom. The number of rotatable bonds is 3. The van der Waals surface area contributed by atoms with Crippen molar-refractivity contribution < 1.29 is 4.39 Å². The van der Waals surface area contributed by atoms with Gasteiger partial charge in [-0.05, 0) is 16.3 Å². The molecule has 1 aromatic heterocycles. The minimum Gasteiger partial charge on any atom is -0.381 e. The number of nitrogens with zero attached hydrogens (tertiary/aromatic N) is 2. The fraction of sp³-hybridized carbons (Fsp3) is 0.0667. The van der Waals surface area contributed by atoms with Crippen molar-refractivity contribution in [1.29, 1.82) is 0 Å². The SMILES string of the molecule is Nc1nc(SCc2cccc3ccccc23)nc(Cl)c1F. The molecular weight excluding hydrogens is 309 g/mol. The van der Waals surface area contributed by atoms with Crippen LogP contribution in [0, 0.1) is 5.82 Å². The second kappa shape index (κ2) is 5.87. The number of anilines is 1. The van der Waals surface area contributed by atoms with Gasteiger partial charge in [-0.2, -0.15) is 4.39 Å². The fourth-order valence-electron chi connectivity index (χ4n) is 2.04. The molecule has 0 aliphatic carbocycles. The second-order valence-corrected chi connectivity index (χ2v) is 5.72. The molecule has 0 saturated heterocycles. The van der Waals surface area contributed by atoms with Crippen molar-refractivity contribution in [2.75, 3.05) is 5.73 Å². The van der Waals surface area contributed by atoms with Gasteiger partial charge in [0.15, 0.2) is 16.1 Å². The van der Waals surface area contributed by atoms with Gasteiger partial charge in [0.1, 0.15) is 0 Å². The summed E-state index contributed by atoms with van der Waals surface area (Å²) in [5.74, 6) is -0.343. The molecule has 3 aromatic rings. The van der Waals surface area contributed by atoms with E-state index in [0.29, 0.717) is 10.9 Å². The molecule has 106 valence electrons. The predicted octanol–water partition coefficient (Wildman–Crippen LogP) is 4.30. The number of thioether (sulfide) groups is 1. The van der Waals surface area contributed by atoms with E-state index >= 15 is 0 Å². The summed E-state index contributed by atoms with van der Waals surface area (Å²) in [6.07, 6.45) is 0. The Labute approximate surface area is 130 Å². The molecule has 0 spiro atoms. The smallest absolute Gasteiger partial charge is 0.202 e. The molecular formula is C15H11ClFN3S. The van der Waals surface area contributed by atoms with Crippen LogP contribution in [0.3, 0.4) is 0 Å². The summed E-state index contributed by atoms with van der Waals surface area (Å²) >= 11 is 7.05. The highest BCUT2D eigenvalue weighted by atomic mass is 35.5. The number of hydrogen-bond acceptors (Lipinski definition) is 4. The Kier molecular flexibility index (Phi) is 3.94. The molecule has 6 heteroatoms. The molecule has 3 nitrogen and oxygen atoms in total. The number of benzene rings is 2. The molecule has 1 heterocycles. The summed E-state index contributed by atoms with van der Waals surface area (Å²) in [6.45, 7) is 0. The van der Waals surface area contributed by atoms with E-state index in [1.54, 1.807) is 0 Å². The molecule has 0 atom stereocenters. The van der Waals surface area contributed by atoms with E-state index in [1.165, 1.54) is 22.5 Å². The van der Waals surface area contributed by atoms with Crippen LogP contribution in [0.5, 0.6) is 0 Å². The van der Waals surface area contributed by atoms with Gasteiger partial charge in [-0.15, -0.1) is 0 Å². The molecule has 0 radical (unpaired) electrons. The van der Waals surface area contributed by atoms with Crippen molar-refractivity contribution in [3.8, 4) is 0 Å². The summed E-state index contributed by atoms with van der Waals surface area (Å²) in [6, 6.07) is 14.2. The molecule has 0 amide bonds. The highest BCUT2D eigenvalue weighted by Gasteiger charge is 2.11. The third kappa shape index (κ3) is 2.94.